The molecule has 0 saturated carbocycles. The summed E-state index contributed by atoms with van der Waals surface area (Å²) in [5.41, 5.74) is 1.18. The highest BCUT2D eigenvalue weighted by Gasteiger charge is 2.17. The molecule has 20 heavy (non-hydrogen) atoms. The number of aromatic nitrogens is 1. The van der Waals surface area contributed by atoms with Crippen LogP contribution in [0.25, 0.3) is 0 Å². The van der Waals surface area contributed by atoms with Crippen LogP contribution in [0.3, 0.4) is 0 Å². The van der Waals surface area contributed by atoms with Crippen LogP contribution in [0.5, 0.6) is 0 Å². The third kappa shape index (κ3) is 3.44. The predicted octanol–water partition coefficient (Wildman–Crippen LogP) is 4.26. The van der Waals surface area contributed by atoms with E-state index in [9.17, 15) is 8.42 Å². The second-order valence-electron chi connectivity index (χ2n) is 4.01. The molecule has 0 fully saturated rings. The summed E-state index contributed by atoms with van der Waals surface area (Å²) in [5, 5.41) is 0.743. The molecule has 0 radical (unpaired) electrons. The van der Waals surface area contributed by atoms with E-state index < -0.39 is 10.0 Å². The minimum absolute atomic E-state index is 0.0168. The van der Waals surface area contributed by atoms with Crippen molar-refractivity contribution in [2.24, 2.45) is 0 Å². The molecule has 4 nitrogen and oxygen atoms in total. The Kier molecular flexibility index (Phi) is 4.59. The smallest absolute Gasteiger partial charge is 0.263 e. The minimum atomic E-state index is -3.73. The first-order valence-corrected chi connectivity index (χ1v) is 8.43. The number of sulfonamides is 1. The predicted molar refractivity (Wildman–Crippen MR) is 83.9 cm³/mol. The summed E-state index contributed by atoms with van der Waals surface area (Å²) in [6.07, 6.45) is 1.20. The van der Waals surface area contributed by atoms with Crippen molar-refractivity contribution in [3.63, 3.8) is 0 Å². The maximum absolute atomic E-state index is 12.3. The average molecular weight is 396 g/mol. The van der Waals surface area contributed by atoms with E-state index in [1.165, 1.54) is 12.3 Å². The maximum atomic E-state index is 12.3. The molecule has 0 aliphatic rings. The molecule has 0 bridgehead atoms. The number of hydrogen-bond donors (Lipinski definition) is 1. The van der Waals surface area contributed by atoms with Crippen LogP contribution in [-0.2, 0) is 10.0 Å². The molecule has 8 heteroatoms. The second-order valence-corrected chi connectivity index (χ2v) is 7.34. The van der Waals surface area contributed by atoms with E-state index in [1.807, 2.05) is 0 Å². The fourth-order valence-electron chi connectivity index (χ4n) is 1.50. The largest absolute Gasteiger partial charge is 0.279 e. The molecule has 2 aromatic rings. The van der Waals surface area contributed by atoms with Gasteiger partial charge in [-0.05, 0) is 52.7 Å². The van der Waals surface area contributed by atoms with Crippen molar-refractivity contribution in [1.82, 2.24) is 4.98 Å². The van der Waals surface area contributed by atoms with Crippen LogP contribution < -0.4 is 4.72 Å². The van der Waals surface area contributed by atoms with E-state index in [2.05, 4.69) is 25.6 Å². The fraction of sp³-hybridized carbons (Fsp3) is 0.0833. The highest BCUT2D eigenvalue weighted by Crippen LogP contribution is 2.26. The lowest BCUT2D eigenvalue weighted by molar-refractivity contribution is 0.600. The van der Waals surface area contributed by atoms with Gasteiger partial charge in [-0.25, -0.2) is 13.4 Å². The van der Waals surface area contributed by atoms with E-state index in [4.69, 9.17) is 23.2 Å². The van der Waals surface area contributed by atoms with Gasteiger partial charge in [0, 0.05) is 11.2 Å². The zero-order valence-corrected chi connectivity index (χ0v) is 14.1. The third-order valence-electron chi connectivity index (χ3n) is 2.51. The molecule has 1 N–H and O–H groups in total. The van der Waals surface area contributed by atoms with Crippen molar-refractivity contribution in [2.75, 3.05) is 4.72 Å². The van der Waals surface area contributed by atoms with Crippen molar-refractivity contribution in [3.05, 3.63) is 50.7 Å². The Morgan fingerprint density at radius 2 is 1.95 bits per heavy atom. The lowest BCUT2D eigenvalue weighted by Crippen LogP contribution is -2.14. The molecule has 0 amide bonds. The number of nitrogens with zero attached hydrogens (tertiary/aromatic N) is 1. The second kappa shape index (κ2) is 5.89. The Labute approximate surface area is 135 Å². The number of benzene rings is 1. The molecular weight excluding hydrogens is 387 g/mol. The van der Waals surface area contributed by atoms with Gasteiger partial charge in [-0.1, -0.05) is 23.2 Å². The van der Waals surface area contributed by atoms with Gasteiger partial charge in [-0.15, -0.1) is 0 Å². The van der Waals surface area contributed by atoms with Crippen molar-refractivity contribution in [2.45, 2.75) is 11.8 Å². The summed E-state index contributed by atoms with van der Waals surface area (Å²) in [4.78, 5) is 3.82. The van der Waals surface area contributed by atoms with Crippen molar-refractivity contribution in [1.29, 1.82) is 0 Å². The topological polar surface area (TPSA) is 59.1 Å². The Bertz CT molecular complexity index is 766. The molecule has 0 unspecified atom stereocenters. The molecule has 106 valence electrons. The number of hydrogen-bond acceptors (Lipinski definition) is 3. The van der Waals surface area contributed by atoms with Gasteiger partial charge in [0.25, 0.3) is 10.0 Å². The number of pyridine rings is 1. The normalized spacial score (nSPS) is 11.4. The van der Waals surface area contributed by atoms with Crippen LogP contribution in [0.1, 0.15) is 5.56 Å². The van der Waals surface area contributed by atoms with Crippen LogP contribution in [0, 0.1) is 6.92 Å². The van der Waals surface area contributed by atoms with Crippen molar-refractivity contribution >= 4 is 54.8 Å². The fourth-order valence-corrected chi connectivity index (χ4v) is 3.43. The molecule has 1 aromatic heterocycles. The van der Waals surface area contributed by atoms with Crippen molar-refractivity contribution < 1.29 is 8.42 Å². The van der Waals surface area contributed by atoms with Crippen LogP contribution in [0.2, 0.25) is 10.2 Å². The Morgan fingerprint density at radius 3 is 2.55 bits per heavy atom. The number of aryl methyl sites for hydroxylation is 1. The highest BCUT2D eigenvalue weighted by molar-refractivity contribution is 9.10. The van der Waals surface area contributed by atoms with E-state index >= 15 is 0 Å². The molecule has 0 saturated heterocycles. The molecule has 2 rings (SSSR count). The van der Waals surface area contributed by atoms with Gasteiger partial charge >= 0.3 is 0 Å². The molecule has 0 spiro atoms. The Balaban J connectivity index is 2.38. The van der Waals surface area contributed by atoms with E-state index in [-0.39, 0.29) is 10.0 Å². The van der Waals surface area contributed by atoms with Gasteiger partial charge in [0.05, 0.1) is 10.2 Å². The first-order valence-electron chi connectivity index (χ1n) is 5.39. The SMILES string of the molecule is Cc1cc(Cl)ccc1NS(=O)(=O)c1cnc(Cl)c(Br)c1. The maximum Gasteiger partial charge on any atom is 0.263 e. The minimum Gasteiger partial charge on any atom is -0.279 e. The number of halogens is 3. The van der Waals surface area contributed by atoms with Gasteiger partial charge in [0.15, 0.2) is 0 Å². The average Bonchev–Trinajstić information content (AvgIpc) is 2.36. The molecule has 0 aliphatic carbocycles. The van der Waals surface area contributed by atoms with Gasteiger partial charge in [-0.3, -0.25) is 4.72 Å². The summed E-state index contributed by atoms with van der Waals surface area (Å²) in [6, 6.07) is 6.29. The summed E-state index contributed by atoms with van der Waals surface area (Å²) in [6.45, 7) is 1.76. The summed E-state index contributed by atoms with van der Waals surface area (Å²) in [7, 11) is -3.73. The molecule has 1 aromatic carbocycles. The van der Waals surface area contributed by atoms with E-state index in [1.54, 1.807) is 25.1 Å². The van der Waals surface area contributed by atoms with Gasteiger partial charge in [0.2, 0.25) is 0 Å². The molecular formula is C12H9BrCl2N2O2S. The summed E-state index contributed by atoms with van der Waals surface area (Å²) < 4.78 is 27.4. The summed E-state index contributed by atoms with van der Waals surface area (Å²) in [5.74, 6) is 0. The number of nitrogens with one attached hydrogen (secondary N) is 1. The van der Waals surface area contributed by atoms with Crippen LogP contribution in [0.15, 0.2) is 39.8 Å². The number of anilines is 1. The molecule has 0 aliphatic heterocycles. The van der Waals surface area contributed by atoms with E-state index in [0.29, 0.717) is 15.2 Å². The first kappa shape index (κ1) is 15.6. The monoisotopic (exact) mass is 394 g/mol. The zero-order valence-electron chi connectivity index (χ0n) is 10.2. The third-order valence-corrected chi connectivity index (χ3v) is 5.22. The first-order chi connectivity index (χ1) is 9.29. The van der Waals surface area contributed by atoms with Crippen molar-refractivity contribution in [3.8, 4) is 0 Å². The molecule has 0 atom stereocenters. The van der Waals surface area contributed by atoms with Crippen LogP contribution in [0.4, 0.5) is 5.69 Å². The lowest BCUT2D eigenvalue weighted by Gasteiger charge is -2.11. The quantitative estimate of drug-likeness (QED) is 0.789. The van der Waals surface area contributed by atoms with Gasteiger partial charge < -0.3 is 0 Å². The lowest BCUT2D eigenvalue weighted by atomic mass is 10.2. The van der Waals surface area contributed by atoms with Gasteiger partial charge in [-0.2, -0.15) is 0 Å². The van der Waals surface area contributed by atoms with Crippen LogP contribution in [-0.4, -0.2) is 13.4 Å². The van der Waals surface area contributed by atoms with Crippen LogP contribution >= 0.6 is 39.1 Å². The van der Waals surface area contributed by atoms with E-state index in [0.717, 1.165) is 5.56 Å². The zero-order chi connectivity index (χ0) is 14.9. The highest BCUT2D eigenvalue weighted by atomic mass is 79.9. The Morgan fingerprint density at radius 1 is 1.25 bits per heavy atom. The standard InChI is InChI=1S/C12H9BrCl2N2O2S/c1-7-4-8(14)2-3-11(7)17-20(18,19)9-5-10(13)12(15)16-6-9/h2-6,17H,1H3. The molecule has 1 heterocycles. The van der Waals surface area contributed by atoms with Gasteiger partial charge in [0.1, 0.15) is 10.0 Å². The Hall–Kier alpha value is -0.820. The summed E-state index contributed by atoms with van der Waals surface area (Å²) >= 11 is 14.7. The number of rotatable bonds is 3.